The molecule has 26 heavy (non-hydrogen) atoms. The van der Waals surface area contributed by atoms with Crippen molar-refractivity contribution >= 4 is 24.3 Å². The second-order valence-corrected chi connectivity index (χ2v) is 7.37. The molecular weight excluding hydrogens is 342 g/mol. The Bertz CT molecular complexity index is 511. The van der Waals surface area contributed by atoms with Gasteiger partial charge in [0.05, 0.1) is 12.5 Å². The topological polar surface area (TPSA) is 114 Å². The average Bonchev–Trinajstić information content (AvgIpc) is 2.96. The van der Waals surface area contributed by atoms with E-state index in [4.69, 9.17) is 9.57 Å². The summed E-state index contributed by atoms with van der Waals surface area (Å²) in [4.78, 5) is 51.7. The van der Waals surface area contributed by atoms with Gasteiger partial charge in [0.2, 0.25) is 5.91 Å². The van der Waals surface area contributed by atoms with Crippen LogP contribution < -0.4 is 10.6 Å². The van der Waals surface area contributed by atoms with Gasteiger partial charge in [-0.25, -0.2) is 4.79 Å². The summed E-state index contributed by atoms with van der Waals surface area (Å²) < 4.78 is 5.10. The Morgan fingerprint density at radius 1 is 1.12 bits per heavy atom. The lowest BCUT2D eigenvalue weighted by Gasteiger charge is -2.22. The van der Waals surface area contributed by atoms with Gasteiger partial charge in [-0.3, -0.25) is 9.59 Å². The molecule has 0 aliphatic carbocycles. The lowest BCUT2D eigenvalue weighted by Crippen LogP contribution is -2.43. The maximum Gasteiger partial charge on any atom is 0.407 e. The predicted molar refractivity (Wildman–Crippen MR) is 93.0 cm³/mol. The van der Waals surface area contributed by atoms with Crippen LogP contribution in [-0.2, 0) is 24.0 Å². The van der Waals surface area contributed by atoms with Crippen LogP contribution in [-0.4, -0.2) is 60.1 Å². The molecule has 0 saturated carbocycles. The molecule has 0 aromatic heterocycles. The molecule has 2 atom stereocenters. The zero-order valence-electron chi connectivity index (χ0n) is 15.9. The number of alkyl carbamates (subject to hydrolysis) is 1. The van der Waals surface area contributed by atoms with E-state index in [2.05, 4.69) is 10.6 Å². The van der Waals surface area contributed by atoms with Crippen molar-refractivity contribution in [1.29, 1.82) is 0 Å². The van der Waals surface area contributed by atoms with Gasteiger partial charge < -0.3 is 25.0 Å². The quantitative estimate of drug-likeness (QED) is 0.610. The predicted octanol–water partition coefficient (Wildman–Crippen LogP) is 0.918. The smallest absolute Gasteiger partial charge is 0.407 e. The lowest BCUT2D eigenvalue weighted by molar-refractivity contribution is -0.185. The van der Waals surface area contributed by atoms with Crippen LogP contribution in [0.1, 0.15) is 53.4 Å². The van der Waals surface area contributed by atoms with Crippen molar-refractivity contribution < 1.29 is 28.8 Å². The summed E-state index contributed by atoms with van der Waals surface area (Å²) in [5.41, 5.74) is -0.635. The molecule has 0 bridgehead atoms. The summed E-state index contributed by atoms with van der Waals surface area (Å²) in [6.45, 7) is 8.20. The minimum Gasteiger partial charge on any atom is -0.444 e. The maximum absolute atomic E-state index is 12.0. The molecule has 0 aromatic carbocycles. The number of hydroxylamine groups is 2. The van der Waals surface area contributed by atoms with Crippen molar-refractivity contribution in [3.8, 4) is 0 Å². The number of hydrogen-bond donors (Lipinski definition) is 2. The Balaban J connectivity index is 2.34. The van der Waals surface area contributed by atoms with Gasteiger partial charge in [0.25, 0.3) is 0 Å². The summed E-state index contributed by atoms with van der Waals surface area (Å²) in [5.74, 6) is -1.02. The van der Waals surface area contributed by atoms with Gasteiger partial charge >= 0.3 is 12.1 Å². The van der Waals surface area contributed by atoms with Crippen molar-refractivity contribution in [3.05, 3.63) is 0 Å². The van der Waals surface area contributed by atoms with Gasteiger partial charge in [0.1, 0.15) is 11.9 Å². The zero-order chi connectivity index (χ0) is 19.7. The van der Waals surface area contributed by atoms with E-state index in [1.807, 2.05) is 0 Å². The second-order valence-electron chi connectivity index (χ2n) is 7.37. The number of carbonyl (C=O) groups is 4. The Kier molecular flexibility index (Phi) is 8.50. The fourth-order valence-corrected chi connectivity index (χ4v) is 2.38. The van der Waals surface area contributed by atoms with E-state index < -0.39 is 35.7 Å². The highest BCUT2D eigenvalue weighted by molar-refractivity contribution is 5.83. The maximum atomic E-state index is 12.0. The highest BCUT2D eigenvalue weighted by atomic mass is 16.7. The Labute approximate surface area is 153 Å². The molecule has 1 saturated heterocycles. The van der Waals surface area contributed by atoms with E-state index in [1.54, 1.807) is 32.8 Å². The van der Waals surface area contributed by atoms with E-state index in [1.165, 1.54) is 0 Å². The first-order valence-corrected chi connectivity index (χ1v) is 8.79. The Morgan fingerprint density at radius 3 is 2.27 bits per heavy atom. The van der Waals surface area contributed by atoms with Gasteiger partial charge in [0.15, 0.2) is 0 Å². The van der Waals surface area contributed by atoms with Crippen molar-refractivity contribution in [3.63, 3.8) is 0 Å². The van der Waals surface area contributed by atoms with E-state index >= 15 is 0 Å². The van der Waals surface area contributed by atoms with Gasteiger partial charge in [0, 0.05) is 25.6 Å². The Morgan fingerprint density at radius 2 is 1.73 bits per heavy atom. The minimum absolute atomic E-state index is 0.0508. The molecule has 0 aromatic rings. The van der Waals surface area contributed by atoms with E-state index in [9.17, 15) is 19.2 Å². The second kappa shape index (κ2) is 10.1. The van der Waals surface area contributed by atoms with Gasteiger partial charge in [-0.2, -0.15) is 0 Å². The number of nitrogens with zero attached hydrogens (tertiary/aromatic N) is 1. The molecular formula is C17H29N3O6. The van der Waals surface area contributed by atoms with E-state index in [0.717, 1.165) is 12.8 Å². The van der Waals surface area contributed by atoms with E-state index in [-0.39, 0.29) is 12.8 Å². The molecule has 1 aliphatic rings. The first-order valence-electron chi connectivity index (χ1n) is 8.79. The summed E-state index contributed by atoms with van der Waals surface area (Å²) in [6, 6.07) is -1.46. The number of aldehydes is 1. The monoisotopic (exact) mass is 371 g/mol. The van der Waals surface area contributed by atoms with Crippen molar-refractivity contribution in [1.82, 2.24) is 15.7 Å². The number of ether oxygens (including phenoxy) is 1. The van der Waals surface area contributed by atoms with E-state index in [0.29, 0.717) is 19.4 Å². The molecule has 1 rings (SSSR count). The van der Waals surface area contributed by atoms with Crippen LogP contribution in [0, 0.1) is 0 Å². The van der Waals surface area contributed by atoms with Crippen molar-refractivity contribution in [2.24, 2.45) is 0 Å². The number of carbonyl (C=O) groups excluding carboxylic acids is 4. The number of nitrogens with one attached hydrogen (secondary N) is 2. The largest absolute Gasteiger partial charge is 0.444 e. The number of rotatable bonds is 8. The normalized spacial score (nSPS) is 17.1. The zero-order valence-corrected chi connectivity index (χ0v) is 15.9. The number of amides is 2. The third kappa shape index (κ3) is 9.36. The molecule has 9 heteroatoms. The first-order chi connectivity index (χ1) is 12.1. The third-order valence-corrected chi connectivity index (χ3v) is 3.45. The molecule has 0 radical (unpaired) electrons. The fraction of sp³-hybridized carbons (Fsp3) is 0.765. The summed E-state index contributed by atoms with van der Waals surface area (Å²) in [6.07, 6.45) is 1.51. The van der Waals surface area contributed by atoms with Crippen LogP contribution in [0.25, 0.3) is 0 Å². The summed E-state index contributed by atoms with van der Waals surface area (Å²) in [5, 5.41) is 6.55. The van der Waals surface area contributed by atoms with Crippen LogP contribution in [0.2, 0.25) is 0 Å². The summed E-state index contributed by atoms with van der Waals surface area (Å²) >= 11 is 0. The fourth-order valence-electron chi connectivity index (χ4n) is 2.38. The number of hydrogen-bond acceptors (Lipinski definition) is 7. The van der Waals surface area contributed by atoms with Crippen molar-refractivity contribution in [2.75, 3.05) is 13.1 Å². The molecule has 2 amide bonds. The average molecular weight is 371 g/mol. The van der Waals surface area contributed by atoms with Gasteiger partial charge in [-0.1, -0.05) is 0 Å². The van der Waals surface area contributed by atoms with Gasteiger partial charge in [-0.05, 0) is 40.5 Å². The van der Waals surface area contributed by atoms with Crippen LogP contribution in [0.5, 0.6) is 0 Å². The third-order valence-electron chi connectivity index (χ3n) is 3.45. The Hall–Kier alpha value is -2.16. The van der Waals surface area contributed by atoms with Crippen LogP contribution >= 0.6 is 0 Å². The molecule has 9 nitrogen and oxygen atoms in total. The highest BCUT2D eigenvalue weighted by Gasteiger charge is 2.23. The van der Waals surface area contributed by atoms with Crippen LogP contribution in [0.4, 0.5) is 4.79 Å². The molecule has 2 N–H and O–H groups in total. The molecule has 1 heterocycles. The van der Waals surface area contributed by atoms with Crippen LogP contribution in [0.3, 0.4) is 0 Å². The van der Waals surface area contributed by atoms with Crippen LogP contribution in [0.15, 0.2) is 0 Å². The SMILES string of the molecule is CC(CC(=O)N[C@H](C=O)CC(=O)ON1CCCC1)NC(=O)OC(C)(C)C. The molecule has 1 unspecified atom stereocenters. The highest BCUT2D eigenvalue weighted by Crippen LogP contribution is 2.09. The first kappa shape index (κ1) is 21.9. The molecule has 1 fully saturated rings. The lowest BCUT2D eigenvalue weighted by atomic mass is 10.2. The minimum atomic E-state index is -0.966. The molecule has 0 spiro atoms. The molecule has 148 valence electrons. The standard InChI is InChI=1S/C17H29N3O6/c1-12(18-16(24)25-17(2,3)4)9-14(22)19-13(11-21)10-15(23)26-20-7-5-6-8-20/h11-13H,5-10H2,1-4H3,(H,18,24)(H,19,22)/t12?,13-/m0/s1. The molecule has 1 aliphatic heterocycles. The van der Waals surface area contributed by atoms with Crippen molar-refractivity contribution in [2.45, 2.75) is 71.1 Å². The summed E-state index contributed by atoms with van der Waals surface area (Å²) in [7, 11) is 0. The van der Waals surface area contributed by atoms with Gasteiger partial charge in [-0.15, -0.1) is 5.06 Å².